The minimum Gasteiger partial charge on any atom is -0.494 e. The van der Waals surface area contributed by atoms with Crippen molar-refractivity contribution in [3.05, 3.63) is 12.0 Å². The number of nitrogens with one attached hydrogen (secondary N) is 2. The SMILES string of the molecule is O=C(NC1CCS(=O)(=O)C2(CC(CNCC3CCC3)C2)C1)C1=COCCO1. The number of sulfone groups is 1. The van der Waals surface area contributed by atoms with Gasteiger partial charge in [0.2, 0.25) is 5.76 Å². The number of carbonyl (C=O) groups is 1. The minimum atomic E-state index is -3.10. The molecule has 2 N–H and O–H groups in total. The number of hydrogen-bond donors (Lipinski definition) is 2. The van der Waals surface area contributed by atoms with Gasteiger partial charge in [0.25, 0.3) is 5.91 Å². The molecular weight excluding hydrogens is 368 g/mol. The monoisotopic (exact) mass is 398 g/mol. The second kappa shape index (κ2) is 7.62. The first-order valence-electron chi connectivity index (χ1n) is 10.2. The molecule has 1 amide bonds. The molecule has 0 radical (unpaired) electrons. The lowest BCUT2D eigenvalue weighted by Gasteiger charge is -2.51. The third-order valence-corrected chi connectivity index (χ3v) is 9.23. The molecule has 152 valence electrons. The minimum absolute atomic E-state index is 0.128. The summed E-state index contributed by atoms with van der Waals surface area (Å²) >= 11 is 0. The highest BCUT2D eigenvalue weighted by atomic mass is 32.2. The van der Waals surface area contributed by atoms with Crippen LogP contribution in [0.3, 0.4) is 0 Å². The molecule has 1 spiro atoms. The Hall–Kier alpha value is -1.28. The predicted molar refractivity (Wildman–Crippen MR) is 101 cm³/mol. The summed E-state index contributed by atoms with van der Waals surface area (Å²) < 4.78 is 35.2. The zero-order valence-corrected chi connectivity index (χ0v) is 16.6. The molecule has 2 saturated carbocycles. The molecule has 4 rings (SSSR count). The van der Waals surface area contributed by atoms with Crippen LogP contribution in [0.2, 0.25) is 0 Å². The highest BCUT2D eigenvalue weighted by molar-refractivity contribution is 7.92. The molecule has 0 bridgehead atoms. The first-order chi connectivity index (χ1) is 13.0. The third-order valence-electron chi connectivity index (χ3n) is 6.63. The molecule has 4 aliphatic rings. The van der Waals surface area contributed by atoms with Crippen LogP contribution in [0.1, 0.15) is 44.9 Å². The first-order valence-corrected chi connectivity index (χ1v) is 11.8. The molecule has 2 heterocycles. The molecule has 1 saturated heterocycles. The second-order valence-electron chi connectivity index (χ2n) is 8.60. The van der Waals surface area contributed by atoms with Gasteiger partial charge in [-0.15, -0.1) is 0 Å². The molecule has 2 aliphatic heterocycles. The Morgan fingerprint density at radius 2 is 1.89 bits per heavy atom. The van der Waals surface area contributed by atoms with E-state index in [1.54, 1.807) is 0 Å². The van der Waals surface area contributed by atoms with E-state index in [0.29, 0.717) is 44.8 Å². The molecule has 1 unspecified atom stereocenters. The lowest BCUT2D eigenvalue weighted by atomic mass is 9.70. The van der Waals surface area contributed by atoms with Crippen LogP contribution in [0.4, 0.5) is 0 Å². The molecule has 0 aromatic rings. The van der Waals surface area contributed by atoms with Gasteiger partial charge in [0, 0.05) is 6.04 Å². The van der Waals surface area contributed by atoms with E-state index >= 15 is 0 Å². The van der Waals surface area contributed by atoms with Crippen LogP contribution in [-0.2, 0) is 24.1 Å². The van der Waals surface area contributed by atoms with Crippen molar-refractivity contribution in [3.8, 4) is 0 Å². The second-order valence-corrected chi connectivity index (χ2v) is 11.1. The number of rotatable bonds is 6. The largest absolute Gasteiger partial charge is 0.494 e. The lowest BCUT2D eigenvalue weighted by Crippen LogP contribution is -2.60. The van der Waals surface area contributed by atoms with Gasteiger partial charge in [-0.25, -0.2) is 8.42 Å². The molecule has 27 heavy (non-hydrogen) atoms. The Kier molecular flexibility index (Phi) is 5.38. The van der Waals surface area contributed by atoms with Crippen LogP contribution in [-0.4, -0.2) is 57.2 Å². The van der Waals surface area contributed by atoms with E-state index in [-0.39, 0.29) is 23.5 Å². The Balaban J connectivity index is 1.29. The fourth-order valence-corrected chi connectivity index (χ4v) is 7.27. The van der Waals surface area contributed by atoms with E-state index < -0.39 is 14.6 Å². The summed E-state index contributed by atoms with van der Waals surface area (Å²) in [7, 11) is -3.10. The molecule has 0 aromatic carbocycles. The summed E-state index contributed by atoms with van der Waals surface area (Å²) in [5, 5.41) is 6.47. The molecule has 2 aliphatic carbocycles. The number of hydrogen-bond acceptors (Lipinski definition) is 6. The lowest BCUT2D eigenvalue weighted by molar-refractivity contribution is -0.123. The Bertz CT molecular complexity index is 695. The smallest absolute Gasteiger partial charge is 0.289 e. The van der Waals surface area contributed by atoms with Crippen LogP contribution in [0.25, 0.3) is 0 Å². The van der Waals surface area contributed by atoms with E-state index in [1.165, 1.54) is 25.5 Å². The van der Waals surface area contributed by atoms with Crippen LogP contribution < -0.4 is 10.6 Å². The molecule has 7 nitrogen and oxygen atoms in total. The van der Waals surface area contributed by atoms with Gasteiger partial charge in [0.05, 0.1) is 10.5 Å². The number of ether oxygens (including phenoxy) is 2. The molecule has 0 aromatic heterocycles. The van der Waals surface area contributed by atoms with E-state index in [0.717, 1.165) is 19.0 Å². The Morgan fingerprint density at radius 3 is 2.56 bits per heavy atom. The third kappa shape index (κ3) is 3.97. The summed E-state index contributed by atoms with van der Waals surface area (Å²) in [6.07, 6.45) is 7.72. The van der Waals surface area contributed by atoms with E-state index in [1.807, 2.05) is 0 Å². The van der Waals surface area contributed by atoms with Gasteiger partial charge in [0.1, 0.15) is 19.5 Å². The van der Waals surface area contributed by atoms with Gasteiger partial charge < -0.3 is 20.1 Å². The normalized spacial score (nSPS) is 35.2. The highest BCUT2D eigenvalue weighted by Gasteiger charge is 2.56. The van der Waals surface area contributed by atoms with Crippen molar-refractivity contribution in [2.45, 2.75) is 55.7 Å². The fourth-order valence-electron chi connectivity index (χ4n) is 4.81. The maximum atomic E-state index is 12.7. The fraction of sp³-hybridized carbons (Fsp3) is 0.842. The highest BCUT2D eigenvalue weighted by Crippen LogP contribution is 2.50. The maximum absolute atomic E-state index is 12.7. The quantitative estimate of drug-likeness (QED) is 0.696. The van der Waals surface area contributed by atoms with Crippen LogP contribution in [0.5, 0.6) is 0 Å². The van der Waals surface area contributed by atoms with Crippen LogP contribution >= 0.6 is 0 Å². The van der Waals surface area contributed by atoms with Gasteiger partial charge in [0.15, 0.2) is 9.84 Å². The summed E-state index contributed by atoms with van der Waals surface area (Å²) in [6.45, 7) is 2.77. The van der Waals surface area contributed by atoms with Gasteiger partial charge in [-0.1, -0.05) is 6.42 Å². The predicted octanol–water partition coefficient (Wildman–Crippen LogP) is 1.11. The van der Waals surface area contributed by atoms with Crippen molar-refractivity contribution in [3.63, 3.8) is 0 Å². The molecule has 1 atom stereocenters. The van der Waals surface area contributed by atoms with Crippen molar-refractivity contribution in [2.24, 2.45) is 11.8 Å². The Morgan fingerprint density at radius 1 is 1.11 bits per heavy atom. The topological polar surface area (TPSA) is 93.7 Å². The Labute approximate surface area is 161 Å². The van der Waals surface area contributed by atoms with Crippen molar-refractivity contribution in [1.29, 1.82) is 0 Å². The van der Waals surface area contributed by atoms with Crippen molar-refractivity contribution in [1.82, 2.24) is 10.6 Å². The van der Waals surface area contributed by atoms with Crippen LogP contribution in [0, 0.1) is 11.8 Å². The van der Waals surface area contributed by atoms with E-state index in [4.69, 9.17) is 9.47 Å². The van der Waals surface area contributed by atoms with Crippen LogP contribution in [0.15, 0.2) is 12.0 Å². The maximum Gasteiger partial charge on any atom is 0.289 e. The number of carbonyl (C=O) groups excluding carboxylic acids is 1. The summed E-state index contributed by atoms with van der Waals surface area (Å²) in [5.41, 5.74) is 0. The average molecular weight is 399 g/mol. The first kappa shape index (κ1) is 19.1. The van der Waals surface area contributed by atoms with Gasteiger partial charge in [-0.05, 0) is 63.5 Å². The zero-order valence-electron chi connectivity index (χ0n) is 15.7. The van der Waals surface area contributed by atoms with Gasteiger partial charge in [-0.3, -0.25) is 4.79 Å². The standard InChI is InChI=1S/C19H30N2O5S/c22-18(17-13-25-5-6-26-17)21-16-4-7-27(23,24)19(10-16)8-15(9-19)12-20-11-14-2-1-3-14/h13-16,20H,1-12H2,(H,21,22). The summed E-state index contributed by atoms with van der Waals surface area (Å²) in [4.78, 5) is 12.3. The van der Waals surface area contributed by atoms with Gasteiger partial charge in [-0.2, -0.15) is 0 Å². The molecule has 8 heteroatoms. The molecular formula is C19H30N2O5S. The van der Waals surface area contributed by atoms with Crippen molar-refractivity contribution in [2.75, 3.05) is 32.1 Å². The molecule has 3 fully saturated rings. The van der Waals surface area contributed by atoms with Gasteiger partial charge >= 0.3 is 0 Å². The summed E-state index contributed by atoms with van der Waals surface area (Å²) in [5.74, 6) is 1.25. The van der Waals surface area contributed by atoms with E-state index in [2.05, 4.69) is 10.6 Å². The average Bonchev–Trinajstić information content (AvgIpc) is 2.58. The number of amides is 1. The van der Waals surface area contributed by atoms with Crippen molar-refractivity contribution < 1.29 is 22.7 Å². The zero-order chi connectivity index (χ0) is 18.9. The summed E-state index contributed by atoms with van der Waals surface area (Å²) in [6, 6.07) is -0.128. The van der Waals surface area contributed by atoms with Crippen molar-refractivity contribution >= 4 is 15.7 Å². The van der Waals surface area contributed by atoms with E-state index in [9.17, 15) is 13.2 Å².